The molecule has 0 aromatic heterocycles. The molecule has 2 atom stereocenters. The average molecular weight is 1090 g/mol. The Hall–Kier alpha value is -3.33. The van der Waals surface area contributed by atoms with Crippen LogP contribution in [-0.2, 0) is 32.7 Å². The van der Waals surface area contributed by atoms with E-state index in [4.69, 9.17) is 24.3 Å². The monoisotopic (exact) mass is 1090 g/mol. The Kier molecular flexibility index (Phi) is 59.2. The van der Waals surface area contributed by atoms with Crippen LogP contribution in [0, 0.1) is 0 Å². The Bertz CT molecular complexity index is 1630. The molecule has 9 nitrogen and oxygen atoms in total. The van der Waals surface area contributed by atoms with Gasteiger partial charge in [0.05, 0.1) is 13.2 Å². The summed E-state index contributed by atoms with van der Waals surface area (Å²) >= 11 is 0. The molecule has 0 rings (SSSR count). The van der Waals surface area contributed by atoms with E-state index in [-0.39, 0.29) is 32.6 Å². The van der Waals surface area contributed by atoms with Crippen LogP contribution in [0.4, 0.5) is 0 Å². The van der Waals surface area contributed by atoms with E-state index in [2.05, 4.69) is 123 Å². The van der Waals surface area contributed by atoms with Crippen molar-refractivity contribution in [3.05, 3.63) is 109 Å². The molecule has 0 fully saturated rings. The summed E-state index contributed by atoms with van der Waals surface area (Å²) in [5.41, 5.74) is 5.38. The van der Waals surface area contributed by atoms with Gasteiger partial charge < -0.3 is 20.1 Å². The molecule has 0 amide bonds. The summed E-state index contributed by atoms with van der Waals surface area (Å²) in [5, 5.41) is 0. The zero-order valence-electron chi connectivity index (χ0n) is 49.4. The Morgan fingerprint density at radius 2 is 0.714 bits per heavy atom. The van der Waals surface area contributed by atoms with Gasteiger partial charge >= 0.3 is 19.8 Å². The van der Waals surface area contributed by atoms with Gasteiger partial charge in [0.2, 0.25) is 0 Å². The van der Waals surface area contributed by atoms with E-state index < -0.39 is 32.5 Å². The van der Waals surface area contributed by atoms with Crippen LogP contribution >= 0.6 is 7.82 Å². The number of esters is 2. The number of hydrogen-bond donors (Lipinski definition) is 2. The maximum Gasteiger partial charge on any atom is 0.472 e. The first-order valence-corrected chi connectivity index (χ1v) is 32.9. The molecule has 0 aromatic carbocycles. The number of allylic oxidation sites excluding steroid dienone is 18. The van der Waals surface area contributed by atoms with Crippen molar-refractivity contribution in [1.29, 1.82) is 0 Å². The van der Waals surface area contributed by atoms with Gasteiger partial charge in [0, 0.05) is 19.4 Å². The van der Waals surface area contributed by atoms with Crippen molar-refractivity contribution < 1.29 is 37.6 Å². The molecule has 10 heteroatoms. The largest absolute Gasteiger partial charge is 0.472 e. The lowest BCUT2D eigenvalue weighted by Crippen LogP contribution is -2.29. The number of nitrogens with two attached hydrogens (primary N) is 1. The van der Waals surface area contributed by atoms with Gasteiger partial charge in [0.15, 0.2) is 6.10 Å². The van der Waals surface area contributed by atoms with Crippen LogP contribution in [0.3, 0.4) is 0 Å². The van der Waals surface area contributed by atoms with Gasteiger partial charge in [-0.15, -0.1) is 0 Å². The maximum atomic E-state index is 12.7. The molecular formula is C67H116NO8P. The van der Waals surface area contributed by atoms with E-state index in [9.17, 15) is 19.0 Å². The fourth-order valence-corrected chi connectivity index (χ4v) is 9.30. The van der Waals surface area contributed by atoms with Crippen molar-refractivity contribution in [3.8, 4) is 0 Å². The Balaban J connectivity index is 3.83. The van der Waals surface area contributed by atoms with Crippen molar-refractivity contribution in [2.45, 2.75) is 277 Å². The number of phosphoric ester groups is 1. The highest BCUT2D eigenvalue weighted by Gasteiger charge is 2.26. The van der Waals surface area contributed by atoms with Gasteiger partial charge in [-0.2, -0.15) is 0 Å². The van der Waals surface area contributed by atoms with Crippen LogP contribution in [0.1, 0.15) is 271 Å². The van der Waals surface area contributed by atoms with Crippen LogP contribution in [0.5, 0.6) is 0 Å². The van der Waals surface area contributed by atoms with Crippen molar-refractivity contribution >= 4 is 19.8 Å². The third-order valence-electron chi connectivity index (χ3n) is 13.1. The van der Waals surface area contributed by atoms with E-state index in [1.54, 1.807) is 0 Å². The van der Waals surface area contributed by atoms with Gasteiger partial charge in [0.1, 0.15) is 6.61 Å². The quantitative estimate of drug-likeness (QED) is 0.0264. The minimum Gasteiger partial charge on any atom is -0.462 e. The van der Waals surface area contributed by atoms with E-state index >= 15 is 0 Å². The molecule has 77 heavy (non-hydrogen) atoms. The molecular weight excluding hydrogens is 978 g/mol. The molecule has 0 radical (unpaired) electrons. The highest BCUT2D eigenvalue weighted by molar-refractivity contribution is 7.47. The van der Waals surface area contributed by atoms with Crippen molar-refractivity contribution in [1.82, 2.24) is 0 Å². The number of hydrogen-bond acceptors (Lipinski definition) is 8. The summed E-state index contributed by atoms with van der Waals surface area (Å²) in [5.74, 6) is -0.840. The minimum atomic E-state index is -4.39. The van der Waals surface area contributed by atoms with Gasteiger partial charge in [-0.25, -0.2) is 4.57 Å². The van der Waals surface area contributed by atoms with Crippen LogP contribution in [0.25, 0.3) is 0 Å². The second-order valence-corrected chi connectivity index (χ2v) is 22.0. The fourth-order valence-electron chi connectivity index (χ4n) is 8.53. The molecule has 0 saturated carbocycles. The topological polar surface area (TPSA) is 134 Å². The van der Waals surface area contributed by atoms with Crippen LogP contribution in [-0.4, -0.2) is 49.3 Å². The van der Waals surface area contributed by atoms with Gasteiger partial charge in [-0.05, 0) is 103 Å². The molecule has 0 aliphatic rings. The lowest BCUT2D eigenvalue weighted by molar-refractivity contribution is -0.161. The predicted molar refractivity (Wildman–Crippen MR) is 330 cm³/mol. The molecule has 0 heterocycles. The molecule has 0 aliphatic carbocycles. The number of unbranched alkanes of at least 4 members (excludes halogenated alkanes) is 27. The number of ether oxygens (including phenoxy) is 2. The average Bonchev–Trinajstić information content (AvgIpc) is 3.42. The van der Waals surface area contributed by atoms with E-state index in [0.717, 1.165) is 103 Å². The molecule has 0 aromatic rings. The first-order valence-electron chi connectivity index (χ1n) is 31.4. The SMILES string of the molecule is CC/C=C\C/C=C\C/C=C\C/C=C\C/C=C\C/C=C\C/C=C\CCCCCCCCCCCCCCCCCCCCCC(=O)OC(COC(=O)CCCCCCC/C=C\C/C=C\CCCCC)COP(=O)(O)OCCN. The van der Waals surface area contributed by atoms with E-state index in [1.165, 1.54) is 128 Å². The van der Waals surface area contributed by atoms with Crippen LogP contribution in [0.2, 0.25) is 0 Å². The van der Waals surface area contributed by atoms with Gasteiger partial charge in [0.25, 0.3) is 0 Å². The van der Waals surface area contributed by atoms with E-state index in [1.807, 2.05) is 0 Å². The van der Waals surface area contributed by atoms with Crippen molar-refractivity contribution in [2.24, 2.45) is 5.73 Å². The minimum absolute atomic E-state index is 0.0489. The van der Waals surface area contributed by atoms with Crippen LogP contribution in [0.15, 0.2) is 109 Å². The third kappa shape index (κ3) is 61.7. The summed E-state index contributed by atoms with van der Waals surface area (Å²) < 4.78 is 33.0. The first-order chi connectivity index (χ1) is 37.8. The highest BCUT2D eigenvalue weighted by atomic mass is 31.2. The standard InChI is InChI=1S/C67H116NO8P/c1-3-5-7-9-11-13-15-17-19-20-21-22-23-24-25-26-27-28-29-30-31-32-33-34-35-36-37-38-39-40-41-42-43-44-46-48-50-52-54-56-58-60-67(70)76-65(64-75-77(71,72)74-62-61-68)63-73-66(69)59-57-55-53-51-49-47-45-18-16-14-12-10-8-6-4-2/h5,7,11-14,17-19,21-22,24-25,27-28,30-31,45,65H,3-4,6,8-10,15-16,20,23,26,29,32-44,46-64,68H2,1-2H3,(H,71,72)/b7-5-,13-11-,14-12-,19-17-,22-21-,25-24-,28-27-,31-30-,45-18-. The lowest BCUT2D eigenvalue weighted by Gasteiger charge is -2.19. The first kappa shape index (κ1) is 73.7. The van der Waals surface area contributed by atoms with Crippen LogP contribution < -0.4 is 5.73 Å². The summed E-state index contributed by atoms with van der Waals surface area (Å²) in [7, 11) is -4.39. The second-order valence-electron chi connectivity index (χ2n) is 20.5. The number of rotatable bonds is 58. The maximum absolute atomic E-state index is 12.7. The third-order valence-corrected chi connectivity index (χ3v) is 14.1. The van der Waals surface area contributed by atoms with Gasteiger partial charge in [-0.3, -0.25) is 18.6 Å². The van der Waals surface area contributed by atoms with Crippen molar-refractivity contribution in [2.75, 3.05) is 26.4 Å². The van der Waals surface area contributed by atoms with Gasteiger partial charge in [-0.1, -0.05) is 264 Å². The molecule has 0 aliphatic heterocycles. The van der Waals surface area contributed by atoms with Crippen molar-refractivity contribution in [3.63, 3.8) is 0 Å². The molecule has 442 valence electrons. The highest BCUT2D eigenvalue weighted by Crippen LogP contribution is 2.43. The molecule has 0 saturated heterocycles. The predicted octanol–water partition coefficient (Wildman–Crippen LogP) is 20.2. The number of carbonyl (C=O) groups excluding carboxylic acids is 2. The summed E-state index contributed by atoms with van der Waals surface area (Å²) in [4.78, 5) is 35.1. The molecule has 0 bridgehead atoms. The lowest BCUT2D eigenvalue weighted by atomic mass is 10.0. The Morgan fingerprint density at radius 3 is 1.06 bits per heavy atom. The summed E-state index contributed by atoms with van der Waals surface area (Å²) in [6.45, 7) is 3.59. The molecule has 2 unspecified atom stereocenters. The molecule has 0 spiro atoms. The summed E-state index contributed by atoms with van der Waals surface area (Å²) in [6.07, 6.45) is 84.6. The summed E-state index contributed by atoms with van der Waals surface area (Å²) in [6, 6.07) is 0. The normalized spacial score (nSPS) is 13.8. The Labute approximate surface area is 473 Å². The number of phosphoric acid groups is 1. The zero-order chi connectivity index (χ0) is 55.9. The van der Waals surface area contributed by atoms with E-state index in [0.29, 0.717) is 12.8 Å². The fraction of sp³-hybridized carbons (Fsp3) is 0.701. The second kappa shape index (κ2) is 61.9. The zero-order valence-corrected chi connectivity index (χ0v) is 50.3. The molecule has 3 N–H and O–H groups in total. The number of carbonyl (C=O) groups is 2. The Morgan fingerprint density at radius 1 is 0.403 bits per heavy atom. The smallest absolute Gasteiger partial charge is 0.462 e.